The van der Waals surface area contributed by atoms with E-state index < -0.39 is 0 Å². The number of anilines is 1. The lowest BCUT2D eigenvalue weighted by Crippen LogP contribution is -2.36. The number of benzene rings is 1. The van der Waals surface area contributed by atoms with Gasteiger partial charge in [-0.15, -0.1) is 0 Å². The number of hydrogen-bond donors (Lipinski definition) is 0. The van der Waals surface area contributed by atoms with Crippen LogP contribution in [0.3, 0.4) is 0 Å². The Morgan fingerprint density at radius 1 is 1.30 bits per heavy atom. The average Bonchev–Trinajstić information content (AvgIpc) is 3.20. The van der Waals surface area contributed by atoms with Crippen molar-refractivity contribution in [1.29, 1.82) is 0 Å². The molecule has 1 aromatic heterocycles. The van der Waals surface area contributed by atoms with Gasteiger partial charge in [0.25, 0.3) is 0 Å². The van der Waals surface area contributed by atoms with E-state index in [1.807, 2.05) is 6.92 Å². The zero-order chi connectivity index (χ0) is 16.0. The number of nitrogens with zero attached hydrogens (tertiary/aromatic N) is 4. The van der Waals surface area contributed by atoms with Gasteiger partial charge < -0.3 is 4.90 Å². The average molecular weight is 353 g/mol. The zero-order valence-corrected chi connectivity index (χ0v) is 14.4. The fourth-order valence-electron chi connectivity index (χ4n) is 3.80. The molecule has 2 aliphatic rings. The standard InChI is InChI=1S/C16H18ClFN4S/c1-10-19-16(23-20-10)22-7-5-14-15(22)4-6-21(14)9-11-8-12(17)2-3-13(11)18/h2-3,8,14-15H,4-7,9H2,1H3/t14-,15-/m0/s1. The molecular weight excluding hydrogens is 335 g/mol. The molecule has 0 bridgehead atoms. The van der Waals surface area contributed by atoms with Gasteiger partial charge in [0.2, 0.25) is 5.13 Å². The maximum atomic E-state index is 14.0. The zero-order valence-electron chi connectivity index (χ0n) is 12.9. The van der Waals surface area contributed by atoms with Crippen molar-refractivity contribution in [2.75, 3.05) is 18.0 Å². The third kappa shape index (κ3) is 2.84. The molecule has 0 unspecified atom stereocenters. The first kappa shape index (κ1) is 15.3. The van der Waals surface area contributed by atoms with Crippen LogP contribution in [0.15, 0.2) is 18.2 Å². The molecule has 0 radical (unpaired) electrons. The molecular formula is C16H18ClFN4S. The van der Waals surface area contributed by atoms with Gasteiger partial charge in [-0.05, 0) is 38.0 Å². The molecule has 0 amide bonds. The van der Waals surface area contributed by atoms with E-state index in [0.29, 0.717) is 29.2 Å². The number of hydrogen-bond acceptors (Lipinski definition) is 5. The van der Waals surface area contributed by atoms with Crippen LogP contribution in [0, 0.1) is 12.7 Å². The second-order valence-corrected chi connectivity index (χ2v) is 7.40. The molecule has 23 heavy (non-hydrogen) atoms. The highest BCUT2D eigenvalue weighted by atomic mass is 35.5. The quantitative estimate of drug-likeness (QED) is 0.846. The van der Waals surface area contributed by atoms with Gasteiger partial charge in [0.15, 0.2) is 0 Å². The smallest absolute Gasteiger partial charge is 0.205 e. The van der Waals surface area contributed by atoms with Crippen molar-refractivity contribution in [3.05, 3.63) is 40.4 Å². The number of likely N-dealkylation sites (tertiary alicyclic amines) is 1. The van der Waals surface area contributed by atoms with Crippen LogP contribution in [-0.2, 0) is 6.54 Å². The third-order valence-electron chi connectivity index (χ3n) is 4.84. The van der Waals surface area contributed by atoms with Crippen LogP contribution >= 0.6 is 23.1 Å². The van der Waals surface area contributed by atoms with Gasteiger partial charge in [-0.25, -0.2) is 9.37 Å². The van der Waals surface area contributed by atoms with E-state index in [9.17, 15) is 4.39 Å². The fraction of sp³-hybridized carbons (Fsp3) is 0.500. The summed E-state index contributed by atoms with van der Waals surface area (Å²) in [6.07, 6.45) is 2.18. The monoisotopic (exact) mass is 352 g/mol. The van der Waals surface area contributed by atoms with Gasteiger partial charge in [0.05, 0.1) is 0 Å². The first-order valence-corrected chi connectivity index (χ1v) is 9.02. The second kappa shape index (κ2) is 6.00. The van der Waals surface area contributed by atoms with E-state index in [4.69, 9.17) is 11.6 Å². The molecule has 2 aliphatic heterocycles. The highest BCUT2D eigenvalue weighted by Gasteiger charge is 2.43. The molecule has 1 aromatic carbocycles. The molecule has 7 heteroatoms. The van der Waals surface area contributed by atoms with Gasteiger partial charge in [-0.2, -0.15) is 4.37 Å². The van der Waals surface area contributed by atoms with Crippen molar-refractivity contribution < 1.29 is 4.39 Å². The Morgan fingerprint density at radius 2 is 2.13 bits per heavy atom. The molecule has 3 heterocycles. The van der Waals surface area contributed by atoms with Crippen molar-refractivity contribution in [1.82, 2.24) is 14.3 Å². The maximum absolute atomic E-state index is 14.0. The predicted molar refractivity (Wildman–Crippen MR) is 90.6 cm³/mol. The topological polar surface area (TPSA) is 32.3 Å². The van der Waals surface area contributed by atoms with Crippen LogP contribution in [-0.4, -0.2) is 39.4 Å². The summed E-state index contributed by atoms with van der Waals surface area (Å²) in [4.78, 5) is 9.29. The van der Waals surface area contributed by atoms with Crippen LogP contribution in [0.5, 0.6) is 0 Å². The summed E-state index contributed by atoms with van der Waals surface area (Å²) < 4.78 is 18.3. The minimum absolute atomic E-state index is 0.174. The number of halogens is 2. The number of aromatic nitrogens is 2. The Morgan fingerprint density at radius 3 is 2.91 bits per heavy atom. The first-order chi connectivity index (χ1) is 11.1. The Labute approximate surface area is 144 Å². The molecule has 0 N–H and O–H groups in total. The van der Waals surface area contributed by atoms with Crippen LogP contribution in [0.25, 0.3) is 0 Å². The van der Waals surface area contributed by atoms with E-state index in [1.54, 1.807) is 12.1 Å². The molecule has 2 saturated heterocycles. The molecule has 122 valence electrons. The summed E-state index contributed by atoms with van der Waals surface area (Å²) in [7, 11) is 0. The summed E-state index contributed by atoms with van der Waals surface area (Å²) in [6.45, 7) is 4.53. The molecule has 4 nitrogen and oxygen atoms in total. The SMILES string of the molecule is Cc1nsc(N2CC[C@H]3[C@@H]2CCN3Cc2cc(Cl)ccc2F)n1. The predicted octanol–water partition coefficient (Wildman–Crippen LogP) is 3.49. The van der Waals surface area contributed by atoms with Crippen LogP contribution in [0.4, 0.5) is 9.52 Å². The van der Waals surface area contributed by atoms with Gasteiger partial charge in [0.1, 0.15) is 11.6 Å². The van der Waals surface area contributed by atoms with E-state index >= 15 is 0 Å². The minimum atomic E-state index is -0.174. The van der Waals surface area contributed by atoms with Crippen molar-refractivity contribution in [3.8, 4) is 0 Å². The number of rotatable bonds is 3. The van der Waals surface area contributed by atoms with E-state index in [-0.39, 0.29) is 5.82 Å². The first-order valence-electron chi connectivity index (χ1n) is 7.87. The normalized spacial score (nSPS) is 24.4. The van der Waals surface area contributed by atoms with E-state index in [0.717, 1.165) is 36.9 Å². The van der Waals surface area contributed by atoms with Crippen molar-refractivity contribution in [2.24, 2.45) is 0 Å². The highest BCUT2D eigenvalue weighted by molar-refractivity contribution is 7.09. The summed E-state index contributed by atoms with van der Waals surface area (Å²) in [5.74, 6) is 0.664. The molecule has 2 atom stereocenters. The maximum Gasteiger partial charge on any atom is 0.205 e. The minimum Gasteiger partial charge on any atom is -0.342 e. The molecule has 0 spiro atoms. The van der Waals surface area contributed by atoms with Gasteiger partial charge in [-0.1, -0.05) is 11.6 Å². The van der Waals surface area contributed by atoms with Gasteiger partial charge >= 0.3 is 0 Å². The fourth-order valence-corrected chi connectivity index (χ4v) is 4.75. The van der Waals surface area contributed by atoms with Crippen molar-refractivity contribution in [2.45, 2.75) is 38.4 Å². The van der Waals surface area contributed by atoms with E-state index in [2.05, 4.69) is 19.2 Å². The summed E-state index contributed by atoms with van der Waals surface area (Å²) in [5.41, 5.74) is 0.684. The van der Waals surface area contributed by atoms with Crippen LogP contribution < -0.4 is 4.90 Å². The molecule has 0 saturated carbocycles. The Balaban J connectivity index is 1.50. The molecule has 2 aromatic rings. The molecule has 0 aliphatic carbocycles. The van der Waals surface area contributed by atoms with Gasteiger partial charge in [0, 0.05) is 53.8 Å². The number of fused-ring (bicyclic) bond motifs is 1. The second-order valence-electron chi connectivity index (χ2n) is 6.24. The van der Waals surface area contributed by atoms with Crippen LogP contribution in [0.1, 0.15) is 24.2 Å². The third-order valence-corrected chi connectivity index (χ3v) is 5.91. The van der Waals surface area contributed by atoms with E-state index in [1.165, 1.54) is 17.6 Å². The van der Waals surface area contributed by atoms with Crippen molar-refractivity contribution in [3.63, 3.8) is 0 Å². The Bertz CT molecular complexity index is 722. The highest BCUT2D eigenvalue weighted by Crippen LogP contribution is 2.36. The van der Waals surface area contributed by atoms with Gasteiger partial charge in [-0.3, -0.25) is 4.90 Å². The lowest BCUT2D eigenvalue weighted by atomic mass is 10.1. The lowest BCUT2D eigenvalue weighted by Gasteiger charge is -2.25. The van der Waals surface area contributed by atoms with Crippen molar-refractivity contribution >= 4 is 28.3 Å². The summed E-state index contributed by atoms with van der Waals surface area (Å²) >= 11 is 7.49. The van der Waals surface area contributed by atoms with Crippen LogP contribution in [0.2, 0.25) is 5.02 Å². The summed E-state index contributed by atoms with van der Waals surface area (Å²) in [6, 6.07) is 5.71. The number of aryl methyl sites for hydroxylation is 1. The summed E-state index contributed by atoms with van der Waals surface area (Å²) in [5, 5.41) is 1.61. The molecule has 4 rings (SSSR count). The largest absolute Gasteiger partial charge is 0.342 e. The Kier molecular flexibility index (Phi) is 3.99. The lowest BCUT2D eigenvalue weighted by molar-refractivity contribution is 0.242. The Hall–Kier alpha value is -1.24. The molecule has 2 fully saturated rings.